The lowest BCUT2D eigenvalue weighted by Gasteiger charge is -2.61. The third-order valence-electron chi connectivity index (χ3n) is 11.9. The van der Waals surface area contributed by atoms with Crippen LogP contribution in [0.3, 0.4) is 0 Å². The maximum absolute atomic E-state index is 2.77. The van der Waals surface area contributed by atoms with Crippen LogP contribution in [0.25, 0.3) is 0 Å². The molecule has 0 bridgehead atoms. The van der Waals surface area contributed by atoms with Crippen LogP contribution in [0.2, 0.25) is 0 Å². The molecule has 4 rings (SSSR count). The molecule has 9 unspecified atom stereocenters. The van der Waals surface area contributed by atoms with Gasteiger partial charge in [-0.1, -0.05) is 80.1 Å². The van der Waals surface area contributed by atoms with Gasteiger partial charge in [0, 0.05) is 0 Å². The Morgan fingerprint density at radius 1 is 0.774 bits per heavy atom. The fourth-order valence-corrected chi connectivity index (χ4v) is 10.1. The Bertz CT molecular complexity index is 577. The van der Waals surface area contributed by atoms with Crippen LogP contribution in [0.1, 0.15) is 138 Å². The van der Waals surface area contributed by atoms with E-state index >= 15 is 0 Å². The molecule has 0 aliphatic heterocycles. The molecule has 0 aromatic heterocycles. The normalized spacial score (nSPS) is 45.8. The van der Waals surface area contributed by atoms with Crippen molar-refractivity contribution in [3.05, 3.63) is 0 Å². The van der Waals surface area contributed by atoms with Gasteiger partial charge in [0.2, 0.25) is 0 Å². The first-order chi connectivity index (χ1) is 14.8. The molecule has 4 saturated carbocycles. The van der Waals surface area contributed by atoms with E-state index in [0.29, 0.717) is 10.8 Å². The Hall–Kier alpha value is 0. The summed E-state index contributed by atoms with van der Waals surface area (Å²) in [5.74, 6) is 8.15. The topological polar surface area (TPSA) is 0 Å². The van der Waals surface area contributed by atoms with Crippen LogP contribution >= 0.6 is 0 Å². The highest BCUT2D eigenvalue weighted by molar-refractivity contribution is 5.09. The number of hydrogen-bond donors (Lipinski definition) is 0. The van der Waals surface area contributed by atoms with E-state index in [-0.39, 0.29) is 0 Å². The van der Waals surface area contributed by atoms with E-state index in [0.717, 1.165) is 47.3 Å². The second kappa shape index (κ2) is 9.70. The largest absolute Gasteiger partial charge is 0.0654 e. The van der Waals surface area contributed by atoms with Gasteiger partial charge in [0.05, 0.1) is 0 Å². The van der Waals surface area contributed by atoms with Crippen LogP contribution in [0.15, 0.2) is 0 Å². The van der Waals surface area contributed by atoms with Crippen molar-refractivity contribution in [2.24, 2.45) is 58.2 Å². The lowest BCUT2D eigenvalue weighted by atomic mass is 9.44. The molecule has 0 heteroatoms. The van der Waals surface area contributed by atoms with Crippen molar-refractivity contribution in [2.75, 3.05) is 0 Å². The van der Waals surface area contributed by atoms with Gasteiger partial charge >= 0.3 is 0 Å². The summed E-state index contributed by atoms with van der Waals surface area (Å²) in [5.41, 5.74) is 1.36. The minimum Gasteiger partial charge on any atom is -0.0654 e. The Balaban J connectivity index is 1.41. The molecule has 0 N–H and O–H groups in total. The molecule has 0 aromatic carbocycles. The maximum atomic E-state index is 2.77. The summed E-state index contributed by atoms with van der Waals surface area (Å²) in [6, 6.07) is 0. The number of unbranched alkanes of at least 4 members (excludes halogenated alkanes) is 1. The third kappa shape index (κ3) is 4.54. The van der Waals surface area contributed by atoms with Gasteiger partial charge in [0.25, 0.3) is 0 Å². The Kier molecular flexibility index (Phi) is 7.55. The summed E-state index contributed by atoms with van der Waals surface area (Å²) in [7, 11) is 0. The summed E-state index contributed by atoms with van der Waals surface area (Å²) >= 11 is 0. The van der Waals surface area contributed by atoms with Crippen molar-refractivity contribution in [3.63, 3.8) is 0 Å². The molecule has 0 aromatic rings. The smallest absolute Gasteiger partial charge is 0.0264 e. The highest BCUT2D eigenvalue weighted by Crippen LogP contribution is 2.68. The number of rotatable bonds is 8. The van der Waals surface area contributed by atoms with E-state index in [1.165, 1.54) is 38.5 Å². The van der Waals surface area contributed by atoms with E-state index in [4.69, 9.17) is 0 Å². The summed E-state index contributed by atoms with van der Waals surface area (Å²) < 4.78 is 0. The molecule has 0 saturated heterocycles. The quantitative estimate of drug-likeness (QED) is 0.361. The first-order valence-electron chi connectivity index (χ1n) is 14.8. The molecule has 0 amide bonds. The van der Waals surface area contributed by atoms with Gasteiger partial charge in [-0.3, -0.25) is 0 Å². The van der Waals surface area contributed by atoms with Crippen molar-refractivity contribution in [2.45, 2.75) is 138 Å². The number of hydrogen-bond acceptors (Lipinski definition) is 0. The standard InChI is InChI=1S/C31H56/c1-7-8-12-24-17-19-30(5)25(21-24)13-14-26-28-16-15-27(23(4)11-9-10-22(2)3)31(28,6)20-18-29(26)30/h22-29H,7-21H2,1-6H3. The zero-order valence-electron chi connectivity index (χ0n) is 22.2. The summed E-state index contributed by atoms with van der Waals surface area (Å²) in [4.78, 5) is 0. The van der Waals surface area contributed by atoms with Crippen molar-refractivity contribution < 1.29 is 0 Å². The van der Waals surface area contributed by atoms with Crippen molar-refractivity contribution in [3.8, 4) is 0 Å². The lowest BCUT2D eigenvalue weighted by Crippen LogP contribution is -2.53. The molecule has 180 valence electrons. The van der Waals surface area contributed by atoms with E-state index < -0.39 is 0 Å². The van der Waals surface area contributed by atoms with Crippen LogP contribution in [0, 0.1) is 58.2 Å². The minimum absolute atomic E-state index is 0.667. The van der Waals surface area contributed by atoms with Crippen LogP contribution in [-0.2, 0) is 0 Å². The predicted molar refractivity (Wildman–Crippen MR) is 136 cm³/mol. The van der Waals surface area contributed by atoms with Gasteiger partial charge in [0.15, 0.2) is 0 Å². The van der Waals surface area contributed by atoms with E-state index in [9.17, 15) is 0 Å². The van der Waals surface area contributed by atoms with Gasteiger partial charge < -0.3 is 0 Å². The summed E-state index contributed by atoms with van der Waals surface area (Å²) in [6.45, 7) is 15.3. The minimum atomic E-state index is 0.667. The average Bonchev–Trinajstić information content (AvgIpc) is 3.09. The van der Waals surface area contributed by atoms with Crippen LogP contribution < -0.4 is 0 Å². The SMILES string of the molecule is CCCCC1CCC2(C)C(CCC3C2CCC2(C)C(C(C)CCCC(C)C)CCC32)C1. The fraction of sp³-hybridized carbons (Fsp3) is 1.00. The third-order valence-corrected chi connectivity index (χ3v) is 11.9. The first kappa shape index (κ1) is 24.1. The Morgan fingerprint density at radius 3 is 2.26 bits per heavy atom. The van der Waals surface area contributed by atoms with Gasteiger partial charge in [0.1, 0.15) is 0 Å². The van der Waals surface area contributed by atoms with Crippen molar-refractivity contribution in [1.82, 2.24) is 0 Å². The molecule has 4 aliphatic rings. The average molecular weight is 429 g/mol. The monoisotopic (exact) mass is 428 g/mol. The van der Waals surface area contributed by atoms with Crippen LogP contribution in [0.5, 0.6) is 0 Å². The molecule has 0 nitrogen and oxygen atoms in total. The van der Waals surface area contributed by atoms with E-state index in [2.05, 4.69) is 41.5 Å². The molecule has 4 aliphatic carbocycles. The van der Waals surface area contributed by atoms with Crippen molar-refractivity contribution >= 4 is 0 Å². The second-order valence-electron chi connectivity index (χ2n) is 14.0. The van der Waals surface area contributed by atoms with Crippen LogP contribution in [-0.4, -0.2) is 0 Å². The molecular formula is C31H56. The molecule has 4 fully saturated rings. The van der Waals surface area contributed by atoms with Gasteiger partial charge in [-0.25, -0.2) is 0 Å². The van der Waals surface area contributed by atoms with Crippen molar-refractivity contribution in [1.29, 1.82) is 0 Å². The van der Waals surface area contributed by atoms with Gasteiger partial charge in [-0.05, 0) is 116 Å². The van der Waals surface area contributed by atoms with Gasteiger partial charge in [-0.2, -0.15) is 0 Å². The van der Waals surface area contributed by atoms with E-state index in [1.807, 2.05) is 0 Å². The molecular weight excluding hydrogens is 372 g/mol. The highest BCUT2D eigenvalue weighted by Gasteiger charge is 2.60. The zero-order chi connectivity index (χ0) is 22.2. The first-order valence-corrected chi connectivity index (χ1v) is 14.8. The molecule has 0 radical (unpaired) electrons. The molecule has 0 heterocycles. The fourth-order valence-electron chi connectivity index (χ4n) is 10.1. The van der Waals surface area contributed by atoms with Crippen LogP contribution in [0.4, 0.5) is 0 Å². The zero-order valence-corrected chi connectivity index (χ0v) is 22.2. The highest BCUT2D eigenvalue weighted by atomic mass is 14.6. The Morgan fingerprint density at radius 2 is 1.52 bits per heavy atom. The summed E-state index contributed by atoms with van der Waals surface area (Å²) in [6.07, 6.45) is 22.8. The molecule has 0 spiro atoms. The number of fused-ring (bicyclic) bond motifs is 5. The Labute approximate surface area is 196 Å². The molecule has 31 heavy (non-hydrogen) atoms. The lowest BCUT2D eigenvalue weighted by molar-refractivity contribution is -0.121. The maximum Gasteiger partial charge on any atom is -0.0264 e. The van der Waals surface area contributed by atoms with Gasteiger partial charge in [-0.15, -0.1) is 0 Å². The second-order valence-corrected chi connectivity index (χ2v) is 14.0. The van der Waals surface area contributed by atoms with E-state index in [1.54, 1.807) is 57.8 Å². The molecule has 9 atom stereocenters. The summed E-state index contributed by atoms with van der Waals surface area (Å²) in [5, 5.41) is 0. The predicted octanol–water partition coefficient (Wildman–Crippen LogP) is 9.91.